The Bertz CT molecular complexity index is 1140. The van der Waals surface area contributed by atoms with Crippen molar-refractivity contribution in [3.8, 4) is 5.75 Å². The molecule has 3 aromatic rings. The maximum absolute atomic E-state index is 12.7. The Morgan fingerprint density at radius 3 is 2.39 bits per heavy atom. The van der Waals surface area contributed by atoms with E-state index in [9.17, 15) is 14.4 Å². The van der Waals surface area contributed by atoms with Crippen LogP contribution in [0, 0.1) is 6.92 Å². The number of esters is 2. The van der Waals surface area contributed by atoms with E-state index in [-0.39, 0.29) is 34.4 Å². The number of furan rings is 1. The normalized spacial score (nSPS) is 10.5. The van der Waals surface area contributed by atoms with Crippen LogP contribution in [0.1, 0.15) is 61.3 Å². The molecule has 0 bridgehead atoms. The summed E-state index contributed by atoms with van der Waals surface area (Å²) in [7, 11) is 1.23. The lowest BCUT2D eigenvalue weighted by Crippen LogP contribution is -2.13. The predicted octanol–water partition coefficient (Wildman–Crippen LogP) is 5.01. The summed E-state index contributed by atoms with van der Waals surface area (Å²) in [5.74, 6) is -0.627. The molecule has 0 aliphatic heterocycles. The first-order valence-corrected chi connectivity index (χ1v) is 11.2. The van der Waals surface area contributed by atoms with Gasteiger partial charge in [0.05, 0.1) is 19.3 Å². The van der Waals surface area contributed by atoms with Crippen LogP contribution in [0.25, 0.3) is 0 Å². The van der Waals surface area contributed by atoms with Gasteiger partial charge in [0.2, 0.25) is 0 Å². The molecule has 8 nitrogen and oxygen atoms in total. The fourth-order valence-corrected chi connectivity index (χ4v) is 4.14. The van der Waals surface area contributed by atoms with Gasteiger partial charge in [-0.2, -0.15) is 0 Å². The van der Waals surface area contributed by atoms with Crippen molar-refractivity contribution in [2.75, 3.05) is 19.0 Å². The molecule has 0 unspecified atom stereocenters. The number of nitrogens with one attached hydrogen (secondary N) is 1. The summed E-state index contributed by atoms with van der Waals surface area (Å²) in [6.45, 7) is 5.69. The number of benzene rings is 1. The first-order valence-electron chi connectivity index (χ1n) is 10.4. The molecule has 2 aromatic heterocycles. The van der Waals surface area contributed by atoms with Crippen molar-refractivity contribution in [3.63, 3.8) is 0 Å². The van der Waals surface area contributed by atoms with Gasteiger partial charge in [-0.1, -0.05) is 19.1 Å². The number of anilines is 1. The van der Waals surface area contributed by atoms with Gasteiger partial charge in [-0.15, -0.1) is 11.3 Å². The highest BCUT2D eigenvalue weighted by Gasteiger charge is 2.27. The van der Waals surface area contributed by atoms with Crippen LogP contribution in [0.5, 0.6) is 5.75 Å². The lowest BCUT2D eigenvalue weighted by atomic mass is 10.1. The molecule has 3 rings (SSSR count). The number of aryl methyl sites for hydroxylation is 1. The fraction of sp³-hybridized carbons (Fsp3) is 0.292. The zero-order chi connectivity index (χ0) is 24.0. The van der Waals surface area contributed by atoms with Crippen LogP contribution in [0.3, 0.4) is 0 Å². The number of carbonyl (C=O) groups excluding carboxylic acids is 3. The highest BCUT2D eigenvalue weighted by atomic mass is 32.1. The van der Waals surface area contributed by atoms with E-state index in [0.29, 0.717) is 17.1 Å². The van der Waals surface area contributed by atoms with Crippen LogP contribution in [0.15, 0.2) is 40.8 Å². The Balaban J connectivity index is 1.73. The summed E-state index contributed by atoms with van der Waals surface area (Å²) in [5.41, 5.74) is 1.69. The quantitative estimate of drug-likeness (QED) is 0.438. The van der Waals surface area contributed by atoms with E-state index >= 15 is 0 Å². The molecule has 0 radical (unpaired) electrons. The smallest absolute Gasteiger partial charge is 0.348 e. The van der Waals surface area contributed by atoms with E-state index in [0.717, 1.165) is 17.8 Å². The second-order valence-electron chi connectivity index (χ2n) is 6.98. The Kier molecular flexibility index (Phi) is 7.89. The lowest BCUT2D eigenvalue weighted by molar-refractivity contribution is 0.0531. The molecule has 1 amide bonds. The molecule has 0 fully saturated rings. The van der Waals surface area contributed by atoms with E-state index in [1.54, 1.807) is 19.9 Å². The molecule has 1 aromatic carbocycles. The summed E-state index contributed by atoms with van der Waals surface area (Å²) in [5, 5.41) is 2.81. The molecule has 0 saturated carbocycles. The Morgan fingerprint density at radius 1 is 1.03 bits per heavy atom. The lowest BCUT2D eigenvalue weighted by Gasteiger charge is -2.06. The van der Waals surface area contributed by atoms with Crippen molar-refractivity contribution in [2.45, 2.75) is 33.8 Å². The third-order valence-electron chi connectivity index (χ3n) is 4.82. The molecule has 174 valence electrons. The monoisotopic (exact) mass is 471 g/mol. The van der Waals surface area contributed by atoms with E-state index in [1.165, 1.54) is 18.7 Å². The van der Waals surface area contributed by atoms with Crippen LogP contribution in [-0.2, 0) is 22.5 Å². The van der Waals surface area contributed by atoms with E-state index in [1.807, 2.05) is 24.3 Å². The number of ether oxygens (including phenoxy) is 3. The largest absolute Gasteiger partial charge is 0.486 e. The molecule has 2 heterocycles. The van der Waals surface area contributed by atoms with Crippen molar-refractivity contribution in [3.05, 3.63) is 69.5 Å². The minimum absolute atomic E-state index is 0.0366. The third-order valence-corrected chi connectivity index (χ3v) is 6.01. The molecule has 9 heteroatoms. The molecule has 33 heavy (non-hydrogen) atoms. The van der Waals surface area contributed by atoms with Crippen LogP contribution >= 0.6 is 11.3 Å². The number of thiophene rings is 1. The Morgan fingerprint density at radius 2 is 1.76 bits per heavy atom. The van der Waals surface area contributed by atoms with Crippen LogP contribution in [0.2, 0.25) is 0 Å². The van der Waals surface area contributed by atoms with Crippen molar-refractivity contribution in [1.82, 2.24) is 0 Å². The molecule has 0 spiro atoms. The van der Waals surface area contributed by atoms with Crippen LogP contribution in [-0.4, -0.2) is 31.6 Å². The summed E-state index contributed by atoms with van der Waals surface area (Å²) in [6.07, 6.45) is 0.944. The number of carbonyl (C=O) groups is 3. The van der Waals surface area contributed by atoms with Gasteiger partial charge in [-0.3, -0.25) is 4.79 Å². The summed E-state index contributed by atoms with van der Waals surface area (Å²) < 4.78 is 21.1. The first-order chi connectivity index (χ1) is 15.9. The summed E-state index contributed by atoms with van der Waals surface area (Å²) >= 11 is 0.944. The SMILES string of the molecule is CCOC(=O)c1sc(NC(=O)c2ccc(COc3ccc(CC)cc3)o2)c(C(=O)OC)c1C. The minimum Gasteiger partial charge on any atom is -0.486 e. The maximum atomic E-state index is 12.7. The standard InChI is InChI=1S/C24H25NO7S/c1-5-15-7-9-16(10-8-15)31-13-17-11-12-18(32-17)21(26)25-22-19(23(27)29-4)14(3)20(33-22)24(28)30-6-2/h7-12H,5-6,13H2,1-4H3,(H,25,26). The Labute approximate surface area is 195 Å². The predicted molar refractivity (Wildman–Crippen MR) is 123 cm³/mol. The van der Waals surface area contributed by atoms with Gasteiger partial charge in [0.15, 0.2) is 5.76 Å². The fourth-order valence-electron chi connectivity index (χ4n) is 3.06. The van der Waals surface area contributed by atoms with Crippen molar-refractivity contribution in [1.29, 1.82) is 0 Å². The highest BCUT2D eigenvalue weighted by molar-refractivity contribution is 7.18. The van der Waals surface area contributed by atoms with Gasteiger partial charge in [0, 0.05) is 0 Å². The number of amides is 1. The number of hydrogen-bond donors (Lipinski definition) is 1. The zero-order valence-corrected chi connectivity index (χ0v) is 19.7. The highest BCUT2D eigenvalue weighted by Crippen LogP contribution is 2.34. The second-order valence-corrected chi connectivity index (χ2v) is 8.00. The summed E-state index contributed by atoms with van der Waals surface area (Å²) in [4.78, 5) is 37.5. The Hall–Kier alpha value is -3.59. The van der Waals surface area contributed by atoms with E-state index in [4.69, 9.17) is 18.6 Å². The van der Waals surface area contributed by atoms with E-state index < -0.39 is 17.8 Å². The van der Waals surface area contributed by atoms with Gasteiger partial charge < -0.3 is 23.9 Å². The maximum Gasteiger partial charge on any atom is 0.348 e. The molecular formula is C24H25NO7S. The topological polar surface area (TPSA) is 104 Å². The number of rotatable bonds is 9. The van der Waals surface area contributed by atoms with Crippen LogP contribution in [0.4, 0.5) is 5.00 Å². The summed E-state index contributed by atoms with van der Waals surface area (Å²) in [6, 6.07) is 10.9. The van der Waals surface area contributed by atoms with Gasteiger partial charge >= 0.3 is 11.9 Å². The van der Waals surface area contributed by atoms with Gasteiger partial charge in [-0.05, 0) is 55.7 Å². The molecular weight excluding hydrogens is 446 g/mol. The average molecular weight is 472 g/mol. The molecule has 0 aliphatic rings. The van der Waals surface area contributed by atoms with Crippen molar-refractivity contribution >= 4 is 34.2 Å². The van der Waals surface area contributed by atoms with Crippen molar-refractivity contribution < 1.29 is 33.0 Å². The first kappa shape index (κ1) is 24.1. The molecule has 0 saturated heterocycles. The third kappa shape index (κ3) is 5.61. The van der Waals surface area contributed by atoms with Gasteiger partial charge in [0.1, 0.15) is 28.0 Å². The van der Waals surface area contributed by atoms with Crippen molar-refractivity contribution in [2.24, 2.45) is 0 Å². The number of hydrogen-bond acceptors (Lipinski definition) is 8. The average Bonchev–Trinajstić information content (AvgIpc) is 3.42. The zero-order valence-electron chi connectivity index (χ0n) is 18.9. The second kappa shape index (κ2) is 10.8. The molecule has 0 aliphatic carbocycles. The number of methoxy groups -OCH3 is 1. The van der Waals surface area contributed by atoms with Gasteiger partial charge in [0.25, 0.3) is 5.91 Å². The molecule has 0 atom stereocenters. The minimum atomic E-state index is -0.669. The van der Waals surface area contributed by atoms with Crippen LogP contribution < -0.4 is 10.1 Å². The van der Waals surface area contributed by atoms with Gasteiger partial charge in [-0.25, -0.2) is 9.59 Å². The molecule has 1 N–H and O–H groups in total. The van der Waals surface area contributed by atoms with E-state index in [2.05, 4.69) is 12.2 Å².